The molecule has 2 aliphatic heterocycles. The molecule has 0 radical (unpaired) electrons. The molecule has 0 N–H and O–H groups in total. The van der Waals surface area contributed by atoms with Gasteiger partial charge in [-0.25, -0.2) is 9.97 Å². The van der Waals surface area contributed by atoms with Gasteiger partial charge < -0.3 is 9.80 Å². The summed E-state index contributed by atoms with van der Waals surface area (Å²) in [6.45, 7) is 17.7. The topological polar surface area (TPSA) is 82.8 Å². The molecular formula is C52H50N8. The van der Waals surface area contributed by atoms with Crippen LogP contribution in [0.25, 0.3) is 45.3 Å². The van der Waals surface area contributed by atoms with Crippen LogP contribution in [0.4, 0.5) is 11.4 Å². The molecule has 7 aromatic rings. The highest BCUT2D eigenvalue weighted by Crippen LogP contribution is 2.44. The van der Waals surface area contributed by atoms with E-state index in [1.807, 2.05) is 48.8 Å². The van der Waals surface area contributed by atoms with Gasteiger partial charge in [0.15, 0.2) is 5.82 Å². The maximum Gasteiger partial charge on any atom is 0.179 e. The molecule has 298 valence electrons. The zero-order valence-corrected chi connectivity index (χ0v) is 35.6. The minimum atomic E-state index is -0.335. The molecule has 4 aromatic carbocycles. The molecule has 8 nitrogen and oxygen atoms in total. The van der Waals surface area contributed by atoms with Crippen LogP contribution in [0.5, 0.6) is 0 Å². The monoisotopic (exact) mass is 786 g/mol. The maximum atomic E-state index is 5.27. The quantitative estimate of drug-likeness (QED) is 0.153. The summed E-state index contributed by atoms with van der Waals surface area (Å²) in [4.78, 5) is 35.5. The number of aliphatic imine (C=N–C) groups is 2. The summed E-state index contributed by atoms with van der Waals surface area (Å²) in [6, 6.07) is 50.0. The summed E-state index contributed by atoms with van der Waals surface area (Å²) in [6.07, 6.45) is 3.80. The summed E-state index contributed by atoms with van der Waals surface area (Å²) >= 11 is 0. The summed E-state index contributed by atoms with van der Waals surface area (Å²) in [5, 5.41) is 0. The average molecular weight is 787 g/mol. The van der Waals surface area contributed by atoms with E-state index in [-0.39, 0.29) is 22.2 Å². The lowest BCUT2D eigenvalue weighted by molar-refractivity contribution is 0.338. The number of para-hydroxylation sites is 2. The van der Waals surface area contributed by atoms with Crippen molar-refractivity contribution in [2.75, 3.05) is 9.80 Å². The molecule has 60 heavy (non-hydrogen) atoms. The van der Waals surface area contributed by atoms with E-state index in [2.05, 4.69) is 174 Å². The number of nitrogens with zero attached hydrogens (tertiary/aromatic N) is 8. The molecule has 0 spiro atoms. The highest BCUT2D eigenvalue weighted by Gasteiger charge is 2.51. The zero-order valence-electron chi connectivity index (χ0n) is 35.6. The van der Waals surface area contributed by atoms with Crippen LogP contribution in [-0.2, 0) is 0 Å². The van der Waals surface area contributed by atoms with E-state index in [4.69, 9.17) is 29.9 Å². The highest BCUT2D eigenvalue weighted by atomic mass is 15.3. The number of rotatable bonds is 8. The standard InChI is InChI=1S/C52H50N8/c1-49(2)51(5,6)59(40-20-14-10-15-21-40)47(57-49)38-28-30-42(53-33-38)45-32-44(37-26-24-36(25-27-37)35-18-12-9-13-19-35)55-46(56-45)43-31-29-39(34-54-43)48-58-50(3,4)52(7,8)60(48)41-22-16-11-17-23-41/h9-34H,1-8H3. The van der Waals surface area contributed by atoms with Gasteiger partial charge in [0.25, 0.3) is 0 Å². The van der Waals surface area contributed by atoms with Crippen LogP contribution in [0, 0.1) is 0 Å². The van der Waals surface area contributed by atoms with Crippen LogP contribution < -0.4 is 9.80 Å². The molecule has 0 fully saturated rings. The lowest BCUT2D eigenvalue weighted by Crippen LogP contribution is -2.53. The Morgan fingerprint density at radius 3 is 1.23 bits per heavy atom. The van der Waals surface area contributed by atoms with Crippen molar-refractivity contribution in [3.8, 4) is 45.3 Å². The average Bonchev–Trinajstić information content (AvgIpc) is 3.59. The van der Waals surface area contributed by atoms with Gasteiger partial charge in [0.05, 0.1) is 39.2 Å². The summed E-state index contributed by atoms with van der Waals surface area (Å²) < 4.78 is 0. The van der Waals surface area contributed by atoms with E-state index in [1.54, 1.807) is 0 Å². The van der Waals surface area contributed by atoms with Gasteiger partial charge in [-0.05, 0) is 121 Å². The predicted molar refractivity (Wildman–Crippen MR) is 247 cm³/mol. The second kappa shape index (κ2) is 14.5. The van der Waals surface area contributed by atoms with Gasteiger partial charge in [0.1, 0.15) is 17.4 Å². The van der Waals surface area contributed by atoms with Crippen LogP contribution in [0.3, 0.4) is 0 Å². The lowest BCUT2D eigenvalue weighted by atomic mass is 9.83. The molecule has 0 amide bonds. The molecular weight excluding hydrogens is 737 g/mol. The van der Waals surface area contributed by atoms with Gasteiger partial charge in [0, 0.05) is 40.5 Å². The molecule has 0 unspecified atom stereocenters. The Morgan fingerprint density at radius 2 is 0.767 bits per heavy atom. The fraction of sp³-hybridized carbons (Fsp3) is 0.231. The van der Waals surface area contributed by atoms with Crippen LogP contribution in [0.2, 0.25) is 0 Å². The molecule has 5 heterocycles. The first kappa shape index (κ1) is 38.7. The molecule has 0 bridgehead atoms. The summed E-state index contributed by atoms with van der Waals surface area (Å²) in [7, 11) is 0. The molecule has 0 aliphatic carbocycles. The molecule has 0 atom stereocenters. The van der Waals surface area contributed by atoms with Crippen molar-refractivity contribution in [1.29, 1.82) is 0 Å². The van der Waals surface area contributed by atoms with E-state index >= 15 is 0 Å². The third-order valence-corrected chi connectivity index (χ3v) is 12.9. The van der Waals surface area contributed by atoms with Crippen molar-refractivity contribution >= 4 is 23.0 Å². The lowest BCUT2D eigenvalue weighted by Gasteiger charge is -2.41. The molecule has 0 saturated heterocycles. The number of aromatic nitrogens is 4. The van der Waals surface area contributed by atoms with E-state index in [1.165, 1.54) is 0 Å². The molecule has 0 saturated carbocycles. The first-order chi connectivity index (χ1) is 28.7. The third-order valence-electron chi connectivity index (χ3n) is 12.9. The molecule has 8 heteroatoms. The van der Waals surface area contributed by atoms with E-state index < -0.39 is 0 Å². The highest BCUT2D eigenvalue weighted by molar-refractivity contribution is 6.13. The molecule has 2 aliphatic rings. The Kier molecular flexibility index (Phi) is 9.34. The number of anilines is 2. The van der Waals surface area contributed by atoms with Gasteiger partial charge in [0.2, 0.25) is 0 Å². The van der Waals surface area contributed by atoms with Crippen molar-refractivity contribution in [3.05, 3.63) is 169 Å². The summed E-state index contributed by atoms with van der Waals surface area (Å²) in [5.74, 6) is 2.30. The van der Waals surface area contributed by atoms with Crippen LogP contribution in [-0.4, -0.2) is 53.8 Å². The van der Waals surface area contributed by atoms with Gasteiger partial charge in [-0.3, -0.25) is 20.0 Å². The fourth-order valence-electron chi connectivity index (χ4n) is 8.05. The summed E-state index contributed by atoms with van der Waals surface area (Å²) in [5.41, 5.74) is 8.99. The van der Waals surface area contributed by atoms with Crippen LogP contribution >= 0.6 is 0 Å². The number of pyridine rings is 2. The molecule has 9 rings (SSSR count). The largest absolute Gasteiger partial charge is 0.318 e. The Labute approximate surface area is 353 Å². The Balaban J connectivity index is 1.10. The Bertz CT molecular complexity index is 2570. The van der Waals surface area contributed by atoms with Gasteiger partial charge >= 0.3 is 0 Å². The van der Waals surface area contributed by atoms with Crippen molar-refractivity contribution in [3.63, 3.8) is 0 Å². The zero-order chi connectivity index (χ0) is 41.9. The Hall–Kier alpha value is -6.80. The van der Waals surface area contributed by atoms with Crippen LogP contribution in [0.15, 0.2) is 168 Å². The van der Waals surface area contributed by atoms with Crippen LogP contribution in [0.1, 0.15) is 66.5 Å². The van der Waals surface area contributed by atoms with E-state index in [0.717, 1.165) is 62.3 Å². The Morgan fingerprint density at radius 1 is 0.367 bits per heavy atom. The minimum absolute atomic E-state index is 0.270. The smallest absolute Gasteiger partial charge is 0.179 e. The van der Waals surface area contributed by atoms with Gasteiger partial charge in [-0.2, -0.15) is 0 Å². The van der Waals surface area contributed by atoms with Crippen molar-refractivity contribution in [1.82, 2.24) is 19.9 Å². The number of hydrogen-bond acceptors (Lipinski definition) is 8. The number of amidine groups is 2. The predicted octanol–water partition coefficient (Wildman–Crippen LogP) is 11.6. The second-order valence-electron chi connectivity index (χ2n) is 17.7. The normalized spacial score (nSPS) is 17.3. The van der Waals surface area contributed by atoms with E-state index in [0.29, 0.717) is 17.2 Å². The third kappa shape index (κ3) is 6.66. The van der Waals surface area contributed by atoms with Crippen molar-refractivity contribution in [2.45, 2.75) is 77.5 Å². The van der Waals surface area contributed by atoms with Gasteiger partial charge in [-0.15, -0.1) is 0 Å². The molecule has 3 aromatic heterocycles. The minimum Gasteiger partial charge on any atom is -0.318 e. The van der Waals surface area contributed by atoms with Crippen molar-refractivity contribution < 1.29 is 0 Å². The van der Waals surface area contributed by atoms with E-state index in [9.17, 15) is 0 Å². The van der Waals surface area contributed by atoms with Gasteiger partial charge in [-0.1, -0.05) is 91.0 Å². The first-order valence-corrected chi connectivity index (χ1v) is 20.6. The SMILES string of the molecule is CC1(C)N=C(c2ccc(-c3cc(-c4ccc(-c5ccccc5)cc4)nc(-c4ccc(C5=NC(C)(C)C(C)(C)N5c5ccccc5)cn4)n3)nc2)N(c2ccccc2)C1(C)C. The van der Waals surface area contributed by atoms with Crippen molar-refractivity contribution in [2.24, 2.45) is 9.98 Å². The maximum absolute atomic E-state index is 5.27. The second-order valence-corrected chi connectivity index (χ2v) is 17.7. The first-order valence-electron chi connectivity index (χ1n) is 20.6. The number of benzene rings is 4. The number of hydrogen-bond donors (Lipinski definition) is 0. The fourth-order valence-corrected chi connectivity index (χ4v) is 8.05.